The predicted molar refractivity (Wildman–Crippen MR) is 162 cm³/mol. The number of ether oxygens (including phenoxy) is 1. The van der Waals surface area contributed by atoms with Crippen LogP contribution in [-0.2, 0) is 11.3 Å². The molecule has 12 heteroatoms. The fourth-order valence-corrected chi connectivity index (χ4v) is 5.24. The van der Waals surface area contributed by atoms with Gasteiger partial charge in [-0.2, -0.15) is 5.26 Å². The van der Waals surface area contributed by atoms with Crippen LogP contribution in [0, 0.1) is 11.3 Å². The van der Waals surface area contributed by atoms with Gasteiger partial charge in [0, 0.05) is 31.7 Å². The number of piperidine rings is 1. The van der Waals surface area contributed by atoms with Crippen molar-refractivity contribution in [2.45, 2.75) is 44.9 Å². The number of aliphatic hydroxyl groups excluding tert-OH is 1. The molecule has 4 N–H and O–H groups in total. The minimum Gasteiger partial charge on any atom is -0.457 e. The number of hydrogen-bond donors (Lipinski definition) is 3. The molecule has 0 bridgehead atoms. The number of nitriles is 1. The Labute approximate surface area is 248 Å². The summed E-state index contributed by atoms with van der Waals surface area (Å²) in [5.74, 6) is 0.887. The van der Waals surface area contributed by atoms with Crippen LogP contribution in [0.15, 0.2) is 77.4 Å². The molecule has 4 aromatic rings. The van der Waals surface area contributed by atoms with E-state index in [9.17, 15) is 20.0 Å². The number of nitrogens with two attached hydrogens (primary N) is 1. The first kappa shape index (κ1) is 29.5. The van der Waals surface area contributed by atoms with Crippen molar-refractivity contribution in [3.8, 4) is 23.3 Å². The van der Waals surface area contributed by atoms with Gasteiger partial charge in [0.15, 0.2) is 11.5 Å². The number of aromatic nitrogens is 4. The van der Waals surface area contributed by atoms with E-state index >= 15 is 0 Å². The van der Waals surface area contributed by atoms with E-state index in [-0.39, 0.29) is 30.6 Å². The second kappa shape index (κ2) is 12.5. The van der Waals surface area contributed by atoms with Crippen LogP contribution in [0.2, 0.25) is 0 Å². The lowest BCUT2D eigenvalue weighted by molar-refractivity contribution is -0.117. The molecule has 3 heterocycles. The number of carbonyl (C=O) groups excluding carboxylic acids is 1. The highest BCUT2D eigenvalue weighted by atomic mass is 16.5. The Morgan fingerprint density at radius 3 is 2.49 bits per heavy atom. The lowest BCUT2D eigenvalue weighted by Gasteiger charge is -2.40. The summed E-state index contributed by atoms with van der Waals surface area (Å²) in [4.78, 5) is 37.1. The Balaban J connectivity index is 1.33. The first-order chi connectivity index (χ1) is 20.7. The Bertz CT molecular complexity index is 1730. The third kappa shape index (κ3) is 6.43. The maximum Gasteiger partial charge on any atom is 0.335 e. The number of aliphatic hydroxyl groups is 1. The average Bonchev–Trinajstić information content (AvgIpc) is 3.29. The quantitative estimate of drug-likeness (QED) is 0.199. The summed E-state index contributed by atoms with van der Waals surface area (Å²) in [5.41, 5.74) is 6.43. The van der Waals surface area contributed by atoms with E-state index in [1.807, 2.05) is 50.2 Å². The molecule has 0 spiro atoms. The minimum atomic E-state index is -0.553. The number of anilines is 1. The zero-order valence-corrected chi connectivity index (χ0v) is 24.1. The third-order valence-corrected chi connectivity index (χ3v) is 7.57. The van der Waals surface area contributed by atoms with Gasteiger partial charge in [0.25, 0.3) is 5.91 Å². The average molecular weight is 583 g/mol. The van der Waals surface area contributed by atoms with Crippen molar-refractivity contribution in [1.29, 1.82) is 5.26 Å². The number of likely N-dealkylation sites (tertiary alicyclic amines) is 1. The number of hydrogen-bond acceptors (Lipinski definition) is 9. The van der Waals surface area contributed by atoms with Gasteiger partial charge in [-0.1, -0.05) is 18.2 Å². The summed E-state index contributed by atoms with van der Waals surface area (Å²) in [6, 6.07) is 18.3. The van der Waals surface area contributed by atoms with Crippen molar-refractivity contribution in [1.82, 2.24) is 29.3 Å². The molecule has 12 nitrogen and oxygen atoms in total. The normalized spacial score (nSPS) is 14.9. The molecule has 222 valence electrons. The molecule has 43 heavy (non-hydrogen) atoms. The third-order valence-electron chi connectivity index (χ3n) is 7.57. The lowest BCUT2D eigenvalue weighted by atomic mass is 9.95. The van der Waals surface area contributed by atoms with E-state index in [1.165, 1.54) is 15.5 Å². The largest absolute Gasteiger partial charge is 0.457 e. The summed E-state index contributed by atoms with van der Waals surface area (Å²) >= 11 is 0. The first-order valence-corrected chi connectivity index (χ1v) is 14.1. The highest BCUT2D eigenvalue weighted by molar-refractivity contribution is 5.97. The van der Waals surface area contributed by atoms with E-state index in [0.717, 1.165) is 0 Å². The van der Waals surface area contributed by atoms with Gasteiger partial charge in [0.1, 0.15) is 35.0 Å². The van der Waals surface area contributed by atoms with Crippen molar-refractivity contribution >= 4 is 22.9 Å². The molecule has 1 fully saturated rings. The molecule has 1 aliphatic rings. The molecule has 1 amide bonds. The molecule has 0 saturated carbocycles. The molecule has 0 atom stereocenters. The number of para-hydroxylation sites is 1. The zero-order valence-electron chi connectivity index (χ0n) is 24.1. The standard InChI is InChI=1S/C31H34N8O4/c1-31(2,37-15-12-23(40)13-16-37)18-21(19-32)29(41)34-14-17-38-28-26(27(33)35-20-36-28)39(30(38)42)22-8-10-25(11-9-22)43-24-6-4-3-5-7-24/h3-11,18,20,23,40H,12-17H2,1-2H3,(H,34,41)(H2,33,35,36). The molecule has 1 aliphatic heterocycles. The SMILES string of the molecule is CC(C)(C=C(C#N)C(=O)NCCn1c(=O)n(-c2ccc(Oc3ccccc3)cc2)c2c(N)ncnc21)N1CCC(O)CC1. The fraction of sp³-hybridized carbons (Fsp3) is 0.323. The van der Waals surface area contributed by atoms with Crippen LogP contribution in [0.3, 0.4) is 0 Å². The maximum absolute atomic E-state index is 13.6. The van der Waals surface area contributed by atoms with E-state index in [4.69, 9.17) is 10.5 Å². The molecule has 1 saturated heterocycles. The molecule has 2 aromatic heterocycles. The summed E-state index contributed by atoms with van der Waals surface area (Å²) in [6.45, 7) is 5.38. The van der Waals surface area contributed by atoms with E-state index in [0.29, 0.717) is 54.3 Å². The Morgan fingerprint density at radius 2 is 1.81 bits per heavy atom. The number of nitrogens with one attached hydrogen (secondary N) is 1. The van der Waals surface area contributed by atoms with Crippen LogP contribution < -0.4 is 21.5 Å². The minimum absolute atomic E-state index is 0.0183. The number of nitrogens with zero attached hydrogens (tertiary/aromatic N) is 6. The number of amides is 1. The van der Waals surface area contributed by atoms with Crippen molar-refractivity contribution in [3.05, 3.63) is 83.1 Å². The Hall–Kier alpha value is -4.99. The number of rotatable bonds is 9. The highest BCUT2D eigenvalue weighted by Gasteiger charge is 2.30. The Morgan fingerprint density at radius 1 is 1.14 bits per heavy atom. The van der Waals surface area contributed by atoms with Crippen molar-refractivity contribution in [3.63, 3.8) is 0 Å². The van der Waals surface area contributed by atoms with Gasteiger partial charge in [0.2, 0.25) is 0 Å². The topological polar surface area (TPSA) is 164 Å². The number of benzene rings is 2. The van der Waals surface area contributed by atoms with Gasteiger partial charge >= 0.3 is 5.69 Å². The first-order valence-electron chi connectivity index (χ1n) is 14.1. The van der Waals surface area contributed by atoms with Crippen LogP contribution in [0.5, 0.6) is 11.5 Å². The van der Waals surface area contributed by atoms with Crippen LogP contribution in [0.1, 0.15) is 26.7 Å². The summed E-state index contributed by atoms with van der Waals surface area (Å²) < 4.78 is 8.71. The van der Waals surface area contributed by atoms with Crippen molar-refractivity contribution < 1.29 is 14.6 Å². The number of carbonyl (C=O) groups is 1. The predicted octanol–water partition coefficient (Wildman–Crippen LogP) is 2.76. The van der Waals surface area contributed by atoms with Gasteiger partial charge in [-0.05, 0) is 69.2 Å². The van der Waals surface area contributed by atoms with Gasteiger partial charge in [-0.3, -0.25) is 18.8 Å². The van der Waals surface area contributed by atoms with Gasteiger partial charge in [-0.25, -0.2) is 14.8 Å². The second-order valence-corrected chi connectivity index (χ2v) is 10.9. The van der Waals surface area contributed by atoms with Gasteiger partial charge < -0.3 is 20.9 Å². The van der Waals surface area contributed by atoms with Crippen LogP contribution >= 0.6 is 0 Å². The maximum atomic E-state index is 13.6. The molecule has 2 aromatic carbocycles. The fourth-order valence-electron chi connectivity index (χ4n) is 5.24. The molecular formula is C31H34N8O4. The molecule has 0 unspecified atom stereocenters. The summed E-state index contributed by atoms with van der Waals surface area (Å²) in [7, 11) is 0. The van der Waals surface area contributed by atoms with Gasteiger partial charge in [0.05, 0.1) is 11.8 Å². The number of nitrogen functional groups attached to an aromatic ring is 1. The van der Waals surface area contributed by atoms with E-state index < -0.39 is 17.1 Å². The highest BCUT2D eigenvalue weighted by Crippen LogP contribution is 2.25. The van der Waals surface area contributed by atoms with Crippen molar-refractivity contribution in [2.75, 3.05) is 25.4 Å². The second-order valence-electron chi connectivity index (χ2n) is 10.9. The monoisotopic (exact) mass is 582 g/mol. The smallest absolute Gasteiger partial charge is 0.335 e. The molecular weight excluding hydrogens is 548 g/mol. The number of imidazole rings is 1. The lowest BCUT2D eigenvalue weighted by Crippen LogP contribution is -2.48. The van der Waals surface area contributed by atoms with E-state index in [2.05, 4.69) is 20.2 Å². The number of fused-ring (bicyclic) bond motifs is 1. The van der Waals surface area contributed by atoms with E-state index in [1.54, 1.807) is 30.3 Å². The van der Waals surface area contributed by atoms with Crippen LogP contribution in [0.25, 0.3) is 16.9 Å². The summed E-state index contributed by atoms with van der Waals surface area (Å²) in [5, 5.41) is 22.3. The molecule has 5 rings (SSSR count). The molecule has 0 radical (unpaired) electrons. The molecule has 0 aliphatic carbocycles. The zero-order chi connectivity index (χ0) is 30.6. The van der Waals surface area contributed by atoms with Crippen LogP contribution in [0.4, 0.5) is 5.82 Å². The van der Waals surface area contributed by atoms with Gasteiger partial charge in [-0.15, -0.1) is 0 Å². The van der Waals surface area contributed by atoms with Crippen LogP contribution in [-0.4, -0.2) is 66.3 Å². The summed E-state index contributed by atoms with van der Waals surface area (Å²) in [6.07, 6.45) is 3.90. The Kier molecular flexibility index (Phi) is 8.56. The van der Waals surface area contributed by atoms with Crippen molar-refractivity contribution in [2.24, 2.45) is 0 Å².